The van der Waals surface area contributed by atoms with Crippen LogP contribution in [0.5, 0.6) is 17.2 Å². The second-order valence-electron chi connectivity index (χ2n) is 6.07. The molecule has 0 atom stereocenters. The summed E-state index contributed by atoms with van der Waals surface area (Å²) in [6.07, 6.45) is 0.624. The molecule has 0 saturated carbocycles. The zero-order chi connectivity index (χ0) is 20.8. The number of fused-ring (bicyclic) bond motifs is 1. The maximum atomic E-state index is 12.4. The van der Waals surface area contributed by atoms with Crippen molar-refractivity contribution >= 4 is 33.3 Å². The predicted octanol–water partition coefficient (Wildman–Crippen LogP) is 3.68. The van der Waals surface area contributed by atoms with Crippen molar-refractivity contribution < 1.29 is 28.5 Å². The minimum atomic E-state index is -0.454. The molecule has 0 amide bonds. The van der Waals surface area contributed by atoms with Crippen LogP contribution < -0.4 is 14.2 Å². The molecule has 152 valence electrons. The summed E-state index contributed by atoms with van der Waals surface area (Å²) < 4.78 is 21.9. The third-order valence-corrected chi connectivity index (χ3v) is 5.33. The molecule has 2 aromatic carbocycles. The van der Waals surface area contributed by atoms with Gasteiger partial charge in [0.25, 0.3) is 0 Å². The highest BCUT2D eigenvalue weighted by Gasteiger charge is 2.18. The molecule has 0 saturated heterocycles. The lowest BCUT2D eigenvalue weighted by atomic mass is 10.1. The number of ether oxygens (including phenoxy) is 4. The van der Waals surface area contributed by atoms with Crippen LogP contribution in [0.1, 0.15) is 21.8 Å². The molecule has 8 heteroatoms. The summed E-state index contributed by atoms with van der Waals surface area (Å²) in [5.74, 6) is 0.289. The molecule has 0 aliphatic heterocycles. The number of para-hydroxylation sites is 1. The van der Waals surface area contributed by atoms with Gasteiger partial charge in [-0.1, -0.05) is 12.1 Å². The van der Waals surface area contributed by atoms with Gasteiger partial charge in [0.05, 0.1) is 43.0 Å². The molecule has 0 fully saturated rings. The van der Waals surface area contributed by atoms with E-state index in [0.29, 0.717) is 29.2 Å². The van der Waals surface area contributed by atoms with Crippen molar-refractivity contribution in [2.75, 3.05) is 27.9 Å². The summed E-state index contributed by atoms with van der Waals surface area (Å²) in [6.45, 7) is -0.364. The maximum Gasteiger partial charge on any atom is 0.306 e. The average Bonchev–Trinajstić information content (AvgIpc) is 3.17. The first kappa shape index (κ1) is 20.6. The maximum absolute atomic E-state index is 12.4. The van der Waals surface area contributed by atoms with Crippen LogP contribution in [0.4, 0.5) is 0 Å². The number of Topliss-reactive ketones (excluding diaryl/α,β-unsaturated/α-hetero) is 1. The van der Waals surface area contributed by atoms with E-state index in [4.69, 9.17) is 18.9 Å². The fourth-order valence-corrected chi connectivity index (χ4v) is 3.75. The van der Waals surface area contributed by atoms with Gasteiger partial charge in [-0.25, -0.2) is 4.98 Å². The summed E-state index contributed by atoms with van der Waals surface area (Å²) in [5, 5.41) is 0.860. The van der Waals surface area contributed by atoms with Crippen LogP contribution in [0.15, 0.2) is 36.4 Å². The van der Waals surface area contributed by atoms with Gasteiger partial charge in [-0.3, -0.25) is 9.59 Å². The molecule has 1 heterocycles. The first-order valence-corrected chi connectivity index (χ1v) is 9.70. The Morgan fingerprint density at radius 2 is 1.69 bits per heavy atom. The summed E-state index contributed by atoms with van der Waals surface area (Å²) >= 11 is 1.55. The van der Waals surface area contributed by atoms with Gasteiger partial charge in [0, 0.05) is 12.0 Å². The minimum absolute atomic E-state index is 0.155. The monoisotopic (exact) mass is 415 g/mol. The Bertz CT molecular complexity index is 971. The Morgan fingerprint density at radius 1 is 1.00 bits per heavy atom. The van der Waals surface area contributed by atoms with Crippen molar-refractivity contribution in [2.45, 2.75) is 12.8 Å². The van der Waals surface area contributed by atoms with Crippen molar-refractivity contribution in [3.8, 4) is 17.2 Å². The summed E-state index contributed by atoms with van der Waals surface area (Å²) in [4.78, 5) is 29.0. The number of thiazole rings is 1. The number of methoxy groups -OCH3 is 3. The zero-order valence-electron chi connectivity index (χ0n) is 16.4. The molecule has 3 rings (SSSR count). The van der Waals surface area contributed by atoms with Gasteiger partial charge in [-0.2, -0.15) is 0 Å². The van der Waals surface area contributed by atoms with Crippen molar-refractivity contribution in [1.82, 2.24) is 4.98 Å². The van der Waals surface area contributed by atoms with Crippen molar-refractivity contribution in [1.29, 1.82) is 0 Å². The second-order valence-corrected chi connectivity index (χ2v) is 7.19. The van der Waals surface area contributed by atoms with Gasteiger partial charge in [-0.05, 0) is 24.3 Å². The van der Waals surface area contributed by atoms with Gasteiger partial charge >= 0.3 is 5.97 Å². The molecule has 0 radical (unpaired) electrons. The molecule has 7 nitrogen and oxygen atoms in total. The van der Waals surface area contributed by atoms with E-state index in [1.165, 1.54) is 33.5 Å². The Hall–Kier alpha value is -3.13. The van der Waals surface area contributed by atoms with E-state index in [0.717, 1.165) is 15.2 Å². The van der Waals surface area contributed by atoms with Gasteiger partial charge in [0.1, 0.15) is 0 Å². The van der Waals surface area contributed by atoms with Crippen LogP contribution in [-0.2, 0) is 16.0 Å². The molecule has 29 heavy (non-hydrogen) atoms. The van der Waals surface area contributed by atoms with Gasteiger partial charge < -0.3 is 18.9 Å². The first-order chi connectivity index (χ1) is 14.0. The molecule has 0 aliphatic carbocycles. The predicted molar refractivity (Wildman–Crippen MR) is 109 cm³/mol. The van der Waals surface area contributed by atoms with Crippen molar-refractivity contribution in [2.24, 2.45) is 0 Å². The molecular formula is C21H21NO6S. The van der Waals surface area contributed by atoms with Crippen molar-refractivity contribution in [3.63, 3.8) is 0 Å². The number of ketones is 1. The SMILES string of the molecule is COc1cc(C(=O)COC(=O)CCc2nc3ccccc3s2)cc(OC)c1OC. The third-order valence-electron chi connectivity index (χ3n) is 4.23. The molecule has 3 aromatic rings. The fraction of sp³-hybridized carbons (Fsp3) is 0.286. The van der Waals surface area contributed by atoms with Crippen LogP contribution in [0.2, 0.25) is 0 Å². The normalized spacial score (nSPS) is 10.6. The summed E-state index contributed by atoms with van der Waals surface area (Å²) in [5.41, 5.74) is 1.22. The van der Waals surface area contributed by atoms with Gasteiger partial charge in [-0.15, -0.1) is 11.3 Å². The van der Waals surface area contributed by atoms with E-state index < -0.39 is 5.97 Å². The quantitative estimate of drug-likeness (QED) is 0.389. The number of carbonyl (C=O) groups excluding carboxylic acids is 2. The van der Waals surface area contributed by atoms with Crippen LogP contribution in [0, 0.1) is 0 Å². The molecule has 0 aliphatic rings. The Balaban J connectivity index is 1.57. The second kappa shape index (κ2) is 9.38. The van der Waals surface area contributed by atoms with Crippen molar-refractivity contribution in [3.05, 3.63) is 47.0 Å². The Morgan fingerprint density at radius 3 is 2.31 bits per heavy atom. The van der Waals surface area contributed by atoms with Crippen LogP contribution in [0.25, 0.3) is 10.2 Å². The number of hydrogen-bond acceptors (Lipinski definition) is 8. The Labute approximate surface area is 172 Å². The highest BCUT2D eigenvalue weighted by molar-refractivity contribution is 7.18. The highest BCUT2D eigenvalue weighted by atomic mass is 32.1. The molecule has 0 spiro atoms. The smallest absolute Gasteiger partial charge is 0.306 e. The van der Waals surface area contributed by atoms with E-state index in [1.807, 2.05) is 24.3 Å². The fourth-order valence-electron chi connectivity index (χ4n) is 2.78. The number of carbonyl (C=O) groups is 2. The largest absolute Gasteiger partial charge is 0.493 e. The van der Waals surface area contributed by atoms with Crippen LogP contribution in [0.3, 0.4) is 0 Å². The number of nitrogens with zero attached hydrogens (tertiary/aromatic N) is 1. The van der Waals surface area contributed by atoms with Crippen LogP contribution in [-0.4, -0.2) is 44.7 Å². The topological polar surface area (TPSA) is 84.0 Å². The summed E-state index contributed by atoms with van der Waals surface area (Å²) in [6, 6.07) is 10.9. The molecular weight excluding hydrogens is 394 g/mol. The van der Waals surface area contributed by atoms with Gasteiger partial charge in [0.2, 0.25) is 11.5 Å². The first-order valence-electron chi connectivity index (χ1n) is 8.89. The molecule has 0 unspecified atom stereocenters. The van der Waals surface area contributed by atoms with E-state index in [9.17, 15) is 9.59 Å². The lowest BCUT2D eigenvalue weighted by Crippen LogP contribution is -2.15. The van der Waals surface area contributed by atoms with E-state index in [-0.39, 0.29) is 18.8 Å². The Kier molecular flexibility index (Phi) is 6.66. The third kappa shape index (κ3) is 4.83. The lowest BCUT2D eigenvalue weighted by molar-refractivity contribution is -0.142. The van der Waals surface area contributed by atoms with E-state index in [1.54, 1.807) is 11.3 Å². The number of rotatable bonds is 9. The molecule has 0 N–H and O–H groups in total. The van der Waals surface area contributed by atoms with Gasteiger partial charge in [0.15, 0.2) is 18.1 Å². The number of esters is 1. The highest BCUT2D eigenvalue weighted by Crippen LogP contribution is 2.38. The van der Waals surface area contributed by atoms with E-state index in [2.05, 4.69) is 4.98 Å². The number of benzene rings is 2. The number of aryl methyl sites for hydroxylation is 1. The molecule has 1 aromatic heterocycles. The van der Waals surface area contributed by atoms with E-state index >= 15 is 0 Å². The number of hydrogen-bond donors (Lipinski definition) is 0. The standard InChI is InChI=1S/C21H21NO6S/c1-25-16-10-13(11-17(26-2)21(16)27-3)15(23)12-28-20(24)9-8-19-22-14-6-4-5-7-18(14)29-19/h4-7,10-11H,8-9,12H2,1-3H3. The summed E-state index contributed by atoms with van der Waals surface area (Å²) in [7, 11) is 4.41. The number of aromatic nitrogens is 1. The zero-order valence-corrected chi connectivity index (χ0v) is 17.2. The minimum Gasteiger partial charge on any atom is -0.493 e. The molecule has 0 bridgehead atoms. The lowest BCUT2D eigenvalue weighted by Gasteiger charge is -2.13. The van der Waals surface area contributed by atoms with Crippen LogP contribution >= 0.6 is 11.3 Å². The average molecular weight is 415 g/mol.